The van der Waals surface area contributed by atoms with Gasteiger partial charge in [0.15, 0.2) is 0 Å². The standard InChI is InChI=1S/C18H18Cl4NO4P/c1-25-11-14-3-2-8-23(14)28(24,26-17-6-4-12(19)9-15(17)21)27-18-7-5-13(20)10-16(18)22/h4-7,9-10,14H,2-3,8,11H2,1H3/t14-/m0/s1. The smallest absolute Gasteiger partial charge is 0.403 e. The van der Waals surface area contributed by atoms with Gasteiger partial charge in [-0.2, -0.15) is 4.67 Å². The normalized spacial score (nSPS) is 17.7. The molecule has 0 bridgehead atoms. The second kappa shape index (κ2) is 9.44. The van der Waals surface area contributed by atoms with Crippen molar-refractivity contribution in [3.63, 3.8) is 0 Å². The van der Waals surface area contributed by atoms with E-state index in [1.165, 1.54) is 12.1 Å². The Morgan fingerprint density at radius 1 is 1.00 bits per heavy atom. The number of halogens is 4. The van der Waals surface area contributed by atoms with Crippen molar-refractivity contribution in [3.8, 4) is 11.5 Å². The summed E-state index contributed by atoms with van der Waals surface area (Å²) in [5.74, 6) is 0.394. The molecular formula is C18H18Cl4NO4P. The summed E-state index contributed by atoms with van der Waals surface area (Å²) >= 11 is 24.3. The quantitative estimate of drug-likeness (QED) is 0.397. The number of nitrogens with zero attached hydrogens (tertiary/aromatic N) is 1. The Morgan fingerprint density at radius 2 is 1.54 bits per heavy atom. The van der Waals surface area contributed by atoms with E-state index in [0.29, 0.717) is 23.2 Å². The molecule has 0 saturated carbocycles. The first-order valence-corrected chi connectivity index (χ1v) is 11.5. The average Bonchev–Trinajstić information content (AvgIpc) is 3.10. The highest BCUT2D eigenvalue weighted by molar-refractivity contribution is 7.52. The highest BCUT2D eigenvalue weighted by atomic mass is 35.5. The molecule has 152 valence electrons. The Morgan fingerprint density at radius 3 is 2.00 bits per heavy atom. The molecule has 1 aliphatic rings. The topological polar surface area (TPSA) is 48.0 Å². The second-order valence-corrected chi connectivity index (χ2v) is 9.72. The van der Waals surface area contributed by atoms with Gasteiger partial charge in [0.25, 0.3) is 0 Å². The van der Waals surface area contributed by atoms with Crippen molar-refractivity contribution in [2.75, 3.05) is 20.3 Å². The van der Waals surface area contributed by atoms with Crippen LogP contribution in [0.5, 0.6) is 11.5 Å². The molecule has 2 aromatic carbocycles. The van der Waals surface area contributed by atoms with Gasteiger partial charge in [-0.1, -0.05) is 46.4 Å². The van der Waals surface area contributed by atoms with Crippen LogP contribution in [0.4, 0.5) is 0 Å². The minimum Gasteiger partial charge on any atom is -0.403 e. The Hall–Kier alpha value is -0.650. The summed E-state index contributed by atoms with van der Waals surface area (Å²) in [6.07, 6.45) is 1.63. The van der Waals surface area contributed by atoms with Gasteiger partial charge in [-0.05, 0) is 49.2 Å². The van der Waals surface area contributed by atoms with E-state index in [-0.39, 0.29) is 27.6 Å². The van der Waals surface area contributed by atoms with Gasteiger partial charge in [0.2, 0.25) is 0 Å². The predicted octanol–water partition coefficient (Wildman–Crippen LogP) is 6.98. The van der Waals surface area contributed by atoms with Gasteiger partial charge in [0.05, 0.1) is 16.7 Å². The monoisotopic (exact) mass is 483 g/mol. The van der Waals surface area contributed by atoms with Crippen LogP contribution >= 0.6 is 54.2 Å². The molecule has 1 heterocycles. The molecule has 0 aliphatic carbocycles. The van der Waals surface area contributed by atoms with Gasteiger partial charge < -0.3 is 13.8 Å². The van der Waals surface area contributed by atoms with Crippen LogP contribution in [0.1, 0.15) is 12.8 Å². The van der Waals surface area contributed by atoms with E-state index in [2.05, 4.69) is 0 Å². The molecule has 0 amide bonds. The Labute approximate surface area is 184 Å². The number of methoxy groups -OCH3 is 1. The van der Waals surface area contributed by atoms with Gasteiger partial charge >= 0.3 is 7.75 Å². The molecule has 0 spiro atoms. The van der Waals surface area contributed by atoms with Crippen LogP contribution in [0.3, 0.4) is 0 Å². The molecule has 0 unspecified atom stereocenters. The summed E-state index contributed by atoms with van der Waals surface area (Å²) in [7, 11) is -2.29. The third-order valence-corrected chi connectivity index (χ3v) is 7.31. The first kappa shape index (κ1) is 22.0. The minimum absolute atomic E-state index is 0.131. The van der Waals surface area contributed by atoms with Crippen molar-refractivity contribution in [1.29, 1.82) is 0 Å². The molecule has 1 saturated heterocycles. The molecule has 2 aromatic rings. The maximum atomic E-state index is 14.0. The van der Waals surface area contributed by atoms with Crippen molar-refractivity contribution >= 4 is 54.2 Å². The molecule has 28 heavy (non-hydrogen) atoms. The summed E-state index contributed by atoms with van der Waals surface area (Å²) in [5.41, 5.74) is 0. The fourth-order valence-corrected chi connectivity index (χ4v) is 6.01. The van der Waals surface area contributed by atoms with E-state index in [4.69, 9.17) is 60.2 Å². The summed E-state index contributed by atoms with van der Waals surface area (Å²) < 4.78 is 32.6. The van der Waals surface area contributed by atoms with Crippen LogP contribution in [-0.2, 0) is 9.30 Å². The highest BCUT2D eigenvalue weighted by Crippen LogP contribution is 2.57. The highest BCUT2D eigenvalue weighted by Gasteiger charge is 2.45. The summed E-state index contributed by atoms with van der Waals surface area (Å²) in [5, 5.41) is 1.32. The zero-order valence-corrected chi connectivity index (χ0v) is 18.8. The molecule has 10 heteroatoms. The molecule has 1 fully saturated rings. The average molecular weight is 485 g/mol. The number of hydrogen-bond acceptors (Lipinski definition) is 4. The largest absolute Gasteiger partial charge is 0.516 e. The van der Waals surface area contributed by atoms with Gasteiger partial charge in [-0.15, -0.1) is 0 Å². The molecule has 0 radical (unpaired) electrons. The third kappa shape index (κ3) is 5.09. The van der Waals surface area contributed by atoms with Crippen molar-refractivity contribution in [3.05, 3.63) is 56.5 Å². The lowest BCUT2D eigenvalue weighted by molar-refractivity contribution is 0.137. The van der Waals surface area contributed by atoms with Crippen LogP contribution in [0, 0.1) is 0 Å². The third-order valence-electron chi connectivity index (χ3n) is 4.24. The van der Waals surface area contributed by atoms with E-state index < -0.39 is 7.75 Å². The number of rotatable bonds is 7. The zero-order chi connectivity index (χ0) is 20.3. The van der Waals surface area contributed by atoms with E-state index in [1.807, 2.05) is 0 Å². The maximum Gasteiger partial charge on any atom is 0.516 e. The second-order valence-electron chi connectivity index (χ2n) is 6.22. The van der Waals surface area contributed by atoms with Crippen LogP contribution in [0.2, 0.25) is 20.1 Å². The van der Waals surface area contributed by atoms with Crippen molar-refractivity contribution < 1.29 is 18.3 Å². The number of hydrogen-bond donors (Lipinski definition) is 0. The molecule has 0 N–H and O–H groups in total. The van der Waals surface area contributed by atoms with E-state index >= 15 is 0 Å². The lowest BCUT2D eigenvalue weighted by Crippen LogP contribution is -2.33. The van der Waals surface area contributed by atoms with Gasteiger partial charge in [-0.3, -0.25) is 0 Å². The van der Waals surface area contributed by atoms with E-state index in [9.17, 15) is 4.57 Å². The number of ether oxygens (including phenoxy) is 1. The summed E-state index contributed by atoms with van der Waals surface area (Å²) in [4.78, 5) is 0. The lowest BCUT2D eigenvalue weighted by atomic mass is 10.2. The summed E-state index contributed by atoms with van der Waals surface area (Å²) in [6.45, 7) is 0.904. The zero-order valence-electron chi connectivity index (χ0n) is 14.9. The molecule has 1 aliphatic heterocycles. The minimum atomic E-state index is -3.88. The van der Waals surface area contributed by atoms with Crippen LogP contribution in [0.25, 0.3) is 0 Å². The van der Waals surface area contributed by atoms with Crippen molar-refractivity contribution in [1.82, 2.24) is 4.67 Å². The first-order chi connectivity index (χ1) is 13.3. The van der Waals surface area contributed by atoms with E-state index in [1.54, 1.807) is 36.0 Å². The van der Waals surface area contributed by atoms with Crippen LogP contribution in [0.15, 0.2) is 36.4 Å². The number of benzene rings is 2. The Balaban J connectivity index is 1.98. The van der Waals surface area contributed by atoms with Crippen molar-refractivity contribution in [2.45, 2.75) is 18.9 Å². The summed E-state index contributed by atoms with van der Waals surface area (Å²) in [6, 6.07) is 9.17. The van der Waals surface area contributed by atoms with E-state index in [0.717, 1.165) is 12.8 Å². The van der Waals surface area contributed by atoms with Crippen LogP contribution in [-0.4, -0.2) is 31.0 Å². The fourth-order valence-electron chi connectivity index (χ4n) is 2.98. The first-order valence-electron chi connectivity index (χ1n) is 8.48. The van der Waals surface area contributed by atoms with Gasteiger partial charge in [0, 0.05) is 29.7 Å². The predicted molar refractivity (Wildman–Crippen MR) is 113 cm³/mol. The Kier molecular flexibility index (Phi) is 7.43. The Bertz CT molecular complexity index is 840. The molecule has 5 nitrogen and oxygen atoms in total. The van der Waals surface area contributed by atoms with Crippen molar-refractivity contribution in [2.24, 2.45) is 0 Å². The fraction of sp³-hybridized carbons (Fsp3) is 0.333. The lowest BCUT2D eigenvalue weighted by Gasteiger charge is -2.31. The molecule has 1 atom stereocenters. The van der Waals surface area contributed by atoms with Crippen LogP contribution < -0.4 is 9.05 Å². The van der Waals surface area contributed by atoms with Gasteiger partial charge in [-0.25, -0.2) is 4.57 Å². The molecular weight excluding hydrogens is 467 g/mol. The molecule has 0 aromatic heterocycles. The SMILES string of the molecule is COC[C@@H]1CCCN1P(=O)(Oc1ccc(Cl)cc1Cl)Oc1ccc(Cl)cc1Cl. The van der Waals surface area contributed by atoms with Gasteiger partial charge in [0.1, 0.15) is 11.5 Å². The maximum absolute atomic E-state index is 14.0. The molecule has 3 rings (SSSR count).